The molecule has 3 heteroatoms. The Hall–Kier alpha value is -2.55. The maximum atomic E-state index is 12.3. The maximum absolute atomic E-state index is 12.3. The number of Topliss-reactive ketones (excluding diaryl/α,β-unsaturated/α-hetero) is 1. The number of carbonyl (C=O) groups excluding carboxylic acids is 1. The summed E-state index contributed by atoms with van der Waals surface area (Å²) in [4.78, 5) is 12.3. The molecule has 0 spiro atoms. The van der Waals surface area contributed by atoms with Gasteiger partial charge >= 0.3 is 0 Å². The van der Waals surface area contributed by atoms with Crippen molar-refractivity contribution in [3.05, 3.63) is 71.8 Å². The smallest absolute Gasteiger partial charge is 0.196 e. The van der Waals surface area contributed by atoms with Gasteiger partial charge in [-0.15, -0.1) is 0 Å². The minimum absolute atomic E-state index is 0.0698. The van der Waals surface area contributed by atoms with E-state index in [2.05, 4.69) is 6.58 Å². The van der Waals surface area contributed by atoms with Gasteiger partial charge in [-0.05, 0) is 24.3 Å². The van der Waals surface area contributed by atoms with Crippen LogP contribution >= 0.6 is 0 Å². The SMILES string of the molecule is C=C1C(=O)c2ccccc2OC1c1cccc(OC)c1. The highest BCUT2D eigenvalue weighted by Crippen LogP contribution is 2.38. The first kappa shape index (κ1) is 12.5. The largest absolute Gasteiger partial charge is 0.497 e. The monoisotopic (exact) mass is 266 g/mol. The molecule has 0 bridgehead atoms. The van der Waals surface area contributed by atoms with Crippen LogP contribution in [0, 0.1) is 0 Å². The highest BCUT2D eigenvalue weighted by atomic mass is 16.5. The Morgan fingerprint density at radius 1 is 1.15 bits per heavy atom. The minimum atomic E-state index is -0.465. The number of fused-ring (bicyclic) bond motifs is 1. The van der Waals surface area contributed by atoms with Crippen LogP contribution in [0.3, 0.4) is 0 Å². The number of ether oxygens (including phenoxy) is 2. The third-order valence-electron chi connectivity index (χ3n) is 3.38. The van der Waals surface area contributed by atoms with Gasteiger partial charge in [0.05, 0.1) is 12.7 Å². The standard InChI is InChI=1S/C17H14O3/c1-11-16(18)14-8-3-4-9-15(14)20-17(11)12-6-5-7-13(10-12)19-2/h3-10,17H,1H2,2H3. The zero-order chi connectivity index (χ0) is 14.1. The van der Waals surface area contributed by atoms with Gasteiger partial charge in [0.1, 0.15) is 11.5 Å². The Morgan fingerprint density at radius 2 is 1.95 bits per heavy atom. The molecule has 0 saturated carbocycles. The summed E-state index contributed by atoms with van der Waals surface area (Å²) in [5.41, 5.74) is 1.87. The molecule has 0 radical (unpaired) electrons. The number of para-hydroxylation sites is 1. The van der Waals surface area contributed by atoms with E-state index >= 15 is 0 Å². The lowest BCUT2D eigenvalue weighted by molar-refractivity contribution is 0.0962. The lowest BCUT2D eigenvalue weighted by Crippen LogP contribution is -2.23. The van der Waals surface area contributed by atoms with Crippen molar-refractivity contribution in [2.75, 3.05) is 7.11 Å². The van der Waals surface area contributed by atoms with E-state index in [9.17, 15) is 4.79 Å². The summed E-state index contributed by atoms with van der Waals surface area (Å²) in [6.07, 6.45) is -0.465. The van der Waals surface area contributed by atoms with Gasteiger partial charge in [-0.3, -0.25) is 4.79 Å². The van der Waals surface area contributed by atoms with Crippen LogP contribution in [-0.4, -0.2) is 12.9 Å². The van der Waals surface area contributed by atoms with E-state index in [1.165, 1.54) is 0 Å². The van der Waals surface area contributed by atoms with Gasteiger partial charge in [-0.1, -0.05) is 30.8 Å². The van der Waals surface area contributed by atoms with Crippen molar-refractivity contribution in [3.8, 4) is 11.5 Å². The number of rotatable bonds is 2. The van der Waals surface area contributed by atoms with Gasteiger partial charge in [0.15, 0.2) is 11.9 Å². The van der Waals surface area contributed by atoms with E-state index in [1.807, 2.05) is 36.4 Å². The lowest BCUT2D eigenvalue weighted by Gasteiger charge is -2.27. The zero-order valence-electron chi connectivity index (χ0n) is 11.1. The van der Waals surface area contributed by atoms with E-state index in [-0.39, 0.29) is 5.78 Å². The molecule has 2 aromatic carbocycles. The van der Waals surface area contributed by atoms with Crippen molar-refractivity contribution in [2.24, 2.45) is 0 Å². The van der Waals surface area contributed by atoms with Gasteiger partial charge in [0.25, 0.3) is 0 Å². The average Bonchev–Trinajstić information content (AvgIpc) is 2.51. The first-order valence-corrected chi connectivity index (χ1v) is 6.34. The van der Waals surface area contributed by atoms with E-state index in [4.69, 9.17) is 9.47 Å². The topological polar surface area (TPSA) is 35.5 Å². The molecule has 100 valence electrons. The first-order valence-electron chi connectivity index (χ1n) is 6.34. The van der Waals surface area contributed by atoms with Crippen LogP contribution in [0.15, 0.2) is 60.7 Å². The molecule has 2 aromatic rings. The fraction of sp³-hybridized carbons (Fsp3) is 0.118. The van der Waals surface area contributed by atoms with E-state index < -0.39 is 6.10 Å². The molecular formula is C17H14O3. The summed E-state index contributed by atoms with van der Waals surface area (Å²) < 4.78 is 11.1. The third-order valence-corrected chi connectivity index (χ3v) is 3.38. The predicted molar refractivity (Wildman–Crippen MR) is 76.3 cm³/mol. The molecule has 0 saturated heterocycles. The van der Waals surface area contributed by atoms with E-state index in [0.717, 1.165) is 11.3 Å². The van der Waals surface area contributed by atoms with Crippen molar-refractivity contribution >= 4 is 5.78 Å². The number of benzene rings is 2. The number of hydrogen-bond acceptors (Lipinski definition) is 3. The fourth-order valence-corrected chi connectivity index (χ4v) is 2.32. The quantitative estimate of drug-likeness (QED) is 0.779. The third kappa shape index (κ3) is 1.97. The Bertz CT molecular complexity index is 688. The summed E-state index contributed by atoms with van der Waals surface area (Å²) in [6.45, 7) is 3.89. The predicted octanol–water partition coefficient (Wildman–Crippen LogP) is 3.57. The van der Waals surface area contributed by atoms with Crippen molar-refractivity contribution in [1.82, 2.24) is 0 Å². The summed E-state index contributed by atoms with van der Waals surface area (Å²) in [7, 11) is 1.61. The van der Waals surface area contributed by atoms with Crippen LogP contribution in [0.5, 0.6) is 11.5 Å². The molecule has 1 aliphatic heterocycles. The molecule has 0 aliphatic carbocycles. The molecular weight excluding hydrogens is 252 g/mol. The Kier molecular flexibility index (Phi) is 3.03. The van der Waals surface area contributed by atoms with Gasteiger partial charge in [-0.25, -0.2) is 0 Å². The average molecular weight is 266 g/mol. The summed E-state index contributed by atoms with van der Waals surface area (Å²) in [5, 5.41) is 0. The van der Waals surface area contributed by atoms with Crippen LogP contribution in [-0.2, 0) is 0 Å². The van der Waals surface area contributed by atoms with Gasteiger partial charge < -0.3 is 9.47 Å². The Balaban J connectivity index is 2.03. The molecule has 1 aliphatic rings. The van der Waals surface area contributed by atoms with Gasteiger partial charge in [0, 0.05) is 11.1 Å². The highest BCUT2D eigenvalue weighted by Gasteiger charge is 2.31. The molecule has 0 amide bonds. The summed E-state index contributed by atoms with van der Waals surface area (Å²) in [6, 6.07) is 14.7. The van der Waals surface area contributed by atoms with Crippen molar-refractivity contribution < 1.29 is 14.3 Å². The van der Waals surface area contributed by atoms with Crippen molar-refractivity contribution in [3.63, 3.8) is 0 Å². The molecule has 3 rings (SSSR count). The zero-order valence-corrected chi connectivity index (χ0v) is 11.1. The minimum Gasteiger partial charge on any atom is -0.497 e. The normalized spacial score (nSPS) is 17.4. The maximum Gasteiger partial charge on any atom is 0.196 e. The molecule has 1 unspecified atom stereocenters. The second kappa shape index (κ2) is 4.85. The Morgan fingerprint density at radius 3 is 2.75 bits per heavy atom. The van der Waals surface area contributed by atoms with Crippen LogP contribution < -0.4 is 9.47 Å². The molecule has 20 heavy (non-hydrogen) atoms. The second-order valence-electron chi connectivity index (χ2n) is 4.63. The van der Waals surface area contributed by atoms with Crippen LogP contribution in [0.1, 0.15) is 22.0 Å². The molecule has 3 nitrogen and oxygen atoms in total. The number of carbonyl (C=O) groups is 1. The van der Waals surface area contributed by atoms with Crippen LogP contribution in [0.4, 0.5) is 0 Å². The number of methoxy groups -OCH3 is 1. The van der Waals surface area contributed by atoms with Crippen LogP contribution in [0.2, 0.25) is 0 Å². The highest BCUT2D eigenvalue weighted by molar-refractivity contribution is 6.11. The van der Waals surface area contributed by atoms with Crippen molar-refractivity contribution in [2.45, 2.75) is 6.10 Å². The van der Waals surface area contributed by atoms with Crippen LogP contribution in [0.25, 0.3) is 0 Å². The van der Waals surface area contributed by atoms with Gasteiger partial charge in [-0.2, -0.15) is 0 Å². The molecule has 0 N–H and O–H groups in total. The molecule has 0 fully saturated rings. The van der Waals surface area contributed by atoms with Gasteiger partial charge in [0.2, 0.25) is 0 Å². The summed E-state index contributed by atoms with van der Waals surface area (Å²) >= 11 is 0. The number of ketones is 1. The first-order chi connectivity index (χ1) is 9.70. The molecule has 1 heterocycles. The number of hydrogen-bond donors (Lipinski definition) is 0. The van der Waals surface area contributed by atoms with E-state index in [1.54, 1.807) is 19.2 Å². The second-order valence-corrected chi connectivity index (χ2v) is 4.63. The Labute approximate surface area is 117 Å². The van der Waals surface area contributed by atoms with Crippen molar-refractivity contribution in [1.29, 1.82) is 0 Å². The fourth-order valence-electron chi connectivity index (χ4n) is 2.32. The summed E-state index contributed by atoms with van der Waals surface area (Å²) in [5.74, 6) is 1.25. The van der Waals surface area contributed by atoms with E-state index in [0.29, 0.717) is 16.9 Å². The molecule has 0 aromatic heterocycles. The molecule has 1 atom stereocenters. The lowest BCUT2D eigenvalue weighted by atomic mass is 9.92.